The van der Waals surface area contributed by atoms with Crippen LogP contribution in [0.25, 0.3) is 0 Å². The highest BCUT2D eigenvalue weighted by Crippen LogP contribution is 2.32. The maximum atomic E-state index is 5.92. The summed E-state index contributed by atoms with van der Waals surface area (Å²) in [5.41, 5.74) is 5.92. The molecule has 3 rings (SSSR count). The van der Waals surface area contributed by atoms with E-state index in [1.54, 1.807) is 0 Å². The number of morpholine rings is 1. The number of hydrogen-bond acceptors (Lipinski definition) is 3. The van der Waals surface area contributed by atoms with Crippen LogP contribution in [-0.2, 0) is 4.74 Å². The molecule has 0 radical (unpaired) electrons. The standard InChI is InChI=1S/C14H26N2O/c15-7-11-3-1-2-4-12(11)8-16-9-13-5-6-14(10-16)17-13/h11-14H,1-10,15H2. The van der Waals surface area contributed by atoms with Crippen LogP contribution in [0.4, 0.5) is 0 Å². The van der Waals surface area contributed by atoms with Crippen molar-refractivity contribution >= 4 is 0 Å². The summed E-state index contributed by atoms with van der Waals surface area (Å²) in [6.45, 7) is 4.51. The lowest BCUT2D eigenvalue weighted by Gasteiger charge is -2.38. The van der Waals surface area contributed by atoms with Crippen molar-refractivity contribution in [2.45, 2.75) is 50.7 Å². The largest absolute Gasteiger partial charge is 0.372 e. The van der Waals surface area contributed by atoms with Crippen LogP contribution in [0.2, 0.25) is 0 Å². The first kappa shape index (κ1) is 11.9. The van der Waals surface area contributed by atoms with E-state index in [1.165, 1.54) is 58.2 Å². The van der Waals surface area contributed by atoms with Crippen molar-refractivity contribution in [2.75, 3.05) is 26.2 Å². The molecule has 17 heavy (non-hydrogen) atoms. The van der Waals surface area contributed by atoms with Gasteiger partial charge in [-0.2, -0.15) is 0 Å². The lowest BCUT2D eigenvalue weighted by Crippen LogP contribution is -2.46. The van der Waals surface area contributed by atoms with Gasteiger partial charge in [0.15, 0.2) is 0 Å². The second kappa shape index (κ2) is 5.25. The molecule has 0 amide bonds. The molecule has 3 aliphatic rings. The molecule has 4 atom stereocenters. The van der Waals surface area contributed by atoms with Crippen molar-refractivity contribution in [1.29, 1.82) is 0 Å². The van der Waals surface area contributed by atoms with E-state index in [0.29, 0.717) is 12.2 Å². The Morgan fingerprint density at radius 2 is 1.59 bits per heavy atom. The Balaban J connectivity index is 1.55. The van der Waals surface area contributed by atoms with Crippen molar-refractivity contribution in [3.05, 3.63) is 0 Å². The number of nitrogens with zero attached hydrogens (tertiary/aromatic N) is 1. The molecule has 2 aliphatic heterocycles. The fourth-order valence-electron chi connectivity index (χ4n) is 4.02. The number of ether oxygens (including phenoxy) is 1. The van der Waals surface area contributed by atoms with Gasteiger partial charge in [-0.05, 0) is 44.1 Å². The molecule has 2 bridgehead atoms. The molecule has 0 aromatic carbocycles. The van der Waals surface area contributed by atoms with Gasteiger partial charge in [0.1, 0.15) is 0 Å². The maximum absolute atomic E-state index is 5.92. The minimum absolute atomic E-state index is 0.536. The fraction of sp³-hybridized carbons (Fsp3) is 1.00. The molecule has 1 aliphatic carbocycles. The van der Waals surface area contributed by atoms with Crippen molar-refractivity contribution in [3.8, 4) is 0 Å². The smallest absolute Gasteiger partial charge is 0.0707 e. The zero-order valence-corrected chi connectivity index (χ0v) is 10.8. The van der Waals surface area contributed by atoms with Gasteiger partial charge in [-0.25, -0.2) is 0 Å². The number of hydrogen-bond donors (Lipinski definition) is 1. The van der Waals surface area contributed by atoms with Crippen LogP contribution < -0.4 is 5.73 Å². The third-order valence-electron chi connectivity index (χ3n) is 4.98. The Hall–Kier alpha value is -0.120. The van der Waals surface area contributed by atoms with E-state index in [2.05, 4.69) is 4.90 Å². The molecular weight excluding hydrogens is 212 g/mol. The zero-order valence-electron chi connectivity index (χ0n) is 10.8. The van der Waals surface area contributed by atoms with Gasteiger partial charge in [0, 0.05) is 19.6 Å². The van der Waals surface area contributed by atoms with Gasteiger partial charge in [0.05, 0.1) is 12.2 Å². The molecule has 2 heterocycles. The zero-order chi connectivity index (χ0) is 11.7. The Morgan fingerprint density at radius 3 is 2.24 bits per heavy atom. The van der Waals surface area contributed by atoms with E-state index in [9.17, 15) is 0 Å². The molecule has 0 aromatic heterocycles. The van der Waals surface area contributed by atoms with Gasteiger partial charge in [0.2, 0.25) is 0 Å². The maximum Gasteiger partial charge on any atom is 0.0707 e. The number of rotatable bonds is 3. The Labute approximate surface area is 105 Å². The molecule has 3 heteroatoms. The lowest BCUT2D eigenvalue weighted by atomic mass is 9.79. The first-order valence-electron chi connectivity index (χ1n) is 7.43. The molecule has 3 nitrogen and oxygen atoms in total. The predicted molar refractivity (Wildman–Crippen MR) is 68.8 cm³/mol. The third-order valence-corrected chi connectivity index (χ3v) is 4.98. The summed E-state index contributed by atoms with van der Waals surface area (Å²) in [4.78, 5) is 2.66. The molecular formula is C14H26N2O. The number of fused-ring (bicyclic) bond motifs is 2. The van der Waals surface area contributed by atoms with Crippen LogP contribution in [0.15, 0.2) is 0 Å². The highest BCUT2D eigenvalue weighted by atomic mass is 16.5. The van der Waals surface area contributed by atoms with E-state index in [-0.39, 0.29) is 0 Å². The Morgan fingerprint density at radius 1 is 0.941 bits per heavy atom. The minimum atomic E-state index is 0.536. The van der Waals surface area contributed by atoms with Crippen LogP contribution >= 0.6 is 0 Å². The normalized spacial score (nSPS) is 42.9. The topological polar surface area (TPSA) is 38.5 Å². The highest BCUT2D eigenvalue weighted by molar-refractivity contribution is 4.87. The summed E-state index contributed by atoms with van der Waals surface area (Å²) in [5, 5.41) is 0. The van der Waals surface area contributed by atoms with Crippen LogP contribution in [0.1, 0.15) is 38.5 Å². The third kappa shape index (κ3) is 2.67. The van der Waals surface area contributed by atoms with E-state index in [4.69, 9.17) is 10.5 Å². The second-order valence-corrected chi connectivity index (χ2v) is 6.22. The molecule has 2 saturated heterocycles. The molecule has 1 saturated carbocycles. The Bertz CT molecular complexity index is 247. The lowest BCUT2D eigenvalue weighted by molar-refractivity contribution is -0.0465. The summed E-state index contributed by atoms with van der Waals surface area (Å²) in [6, 6.07) is 0. The van der Waals surface area contributed by atoms with Crippen molar-refractivity contribution in [2.24, 2.45) is 17.6 Å². The fourth-order valence-corrected chi connectivity index (χ4v) is 4.02. The van der Waals surface area contributed by atoms with E-state index in [0.717, 1.165) is 18.4 Å². The van der Waals surface area contributed by atoms with Gasteiger partial charge in [-0.15, -0.1) is 0 Å². The highest BCUT2D eigenvalue weighted by Gasteiger charge is 2.35. The quantitative estimate of drug-likeness (QED) is 0.812. The molecule has 4 unspecified atom stereocenters. The summed E-state index contributed by atoms with van der Waals surface area (Å²) in [7, 11) is 0. The summed E-state index contributed by atoms with van der Waals surface area (Å²) in [6.07, 6.45) is 9.21. The molecule has 0 spiro atoms. The van der Waals surface area contributed by atoms with E-state index < -0.39 is 0 Å². The van der Waals surface area contributed by atoms with Gasteiger partial charge >= 0.3 is 0 Å². The minimum Gasteiger partial charge on any atom is -0.372 e. The average molecular weight is 238 g/mol. The molecule has 0 aromatic rings. The van der Waals surface area contributed by atoms with Gasteiger partial charge in [-0.3, -0.25) is 4.90 Å². The summed E-state index contributed by atoms with van der Waals surface area (Å²) < 4.78 is 5.90. The first-order valence-corrected chi connectivity index (χ1v) is 7.43. The second-order valence-electron chi connectivity index (χ2n) is 6.22. The predicted octanol–water partition coefficient (Wildman–Crippen LogP) is 1.61. The van der Waals surface area contributed by atoms with Crippen LogP contribution in [0, 0.1) is 11.8 Å². The number of likely N-dealkylation sites (tertiary alicyclic amines) is 1. The summed E-state index contributed by atoms with van der Waals surface area (Å²) in [5.74, 6) is 1.63. The van der Waals surface area contributed by atoms with Gasteiger partial charge in [-0.1, -0.05) is 12.8 Å². The van der Waals surface area contributed by atoms with E-state index in [1.807, 2.05) is 0 Å². The number of nitrogens with two attached hydrogens (primary N) is 1. The average Bonchev–Trinajstić information content (AvgIpc) is 2.69. The van der Waals surface area contributed by atoms with Gasteiger partial charge < -0.3 is 10.5 Å². The summed E-state index contributed by atoms with van der Waals surface area (Å²) >= 11 is 0. The first-order chi connectivity index (χ1) is 8.35. The van der Waals surface area contributed by atoms with Crippen LogP contribution in [-0.4, -0.2) is 43.3 Å². The van der Waals surface area contributed by atoms with Crippen molar-refractivity contribution in [3.63, 3.8) is 0 Å². The molecule has 2 N–H and O–H groups in total. The molecule has 3 fully saturated rings. The molecule has 98 valence electrons. The van der Waals surface area contributed by atoms with Crippen molar-refractivity contribution in [1.82, 2.24) is 4.90 Å². The van der Waals surface area contributed by atoms with E-state index >= 15 is 0 Å². The SMILES string of the molecule is NCC1CCCCC1CN1CC2CCC(C1)O2. The Kier molecular flexibility index (Phi) is 3.69. The van der Waals surface area contributed by atoms with Gasteiger partial charge in [0.25, 0.3) is 0 Å². The van der Waals surface area contributed by atoms with Crippen LogP contribution in [0.5, 0.6) is 0 Å². The van der Waals surface area contributed by atoms with Crippen molar-refractivity contribution < 1.29 is 4.74 Å². The van der Waals surface area contributed by atoms with Crippen LogP contribution in [0.3, 0.4) is 0 Å². The monoisotopic (exact) mass is 238 g/mol.